The summed E-state index contributed by atoms with van der Waals surface area (Å²) in [7, 11) is 0. The summed E-state index contributed by atoms with van der Waals surface area (Å²) in [4.78, 5) is 4.10. The lowest BCUT2D eigenvalue weighted by Gasteiger charge is -2.08. The molecule has 0 atom stereocenters. The molecule has 0 spiro atoms. The van der Waals surface area contributed by atoms with E-state index in [-0.39, 0.29) is 0 Å². The average Bonchev–Trinajstić information content (AvgIpc) is 2.73. The largest absolute Gasteiger partial charge is 0.313 e. The first-order valence-electron chi connectivity index (χ1n) is 6.61. The smallest absolute Gasteiger partial charge is 0.0534 e. The van der Waals surface area contributed by atoms with E-state index in [1.165, 1.54) is 27.8 Å². The van der Waals surface area contributed by atoms with Gasteiger partial charge in [-0.25, -0.2) is 0 Å². The summed E-state index contributed by atoms with van der Waals surface area (Å²) in [5.74, 6) is 0. The molecule has 2 heteroatoms. The molecule has 2 nitrogen and oxygen atoms in total. The van der Waals surface area contributed by atoms with E-state index in [1.54, 1.807) is 0 Å². The fourth-order valence-electron chi connectivity index (χ4n) is 2.75. The molecule has 19 heavy (non-hydrogen) atoms. The Morgan fingerprint density at radius 3 is 2.58 bits per heavy atom. The summed E-state index contributed by atoms with van der Waals surface area (Å²) in [5, 5.41) is 1.33. The fourth-order valence-corrected chi connectivity index (χ4v) is 2.75. The highest BCUT2D eigenvalue weighted by Gasteiger charge is 2.13. The standard InChI is InChI=1S/C17H17N2/c1-3-6-15-13(2)19(14-9-11-18-12-10-14)17-8-5-4-7-16(15)17/h4-5,7-12H,1,3,6H2,2H3. The van der Waals surface area contributed by atoms with Crippen molar-refractivity contribution in [1.29, 1.82) is 0 Å². The van der Waals surface area contributed by atoms with Crippen LogP contribution in [-0.2, 0) is 6.42 Å². The van der Waals surface area contributed by atoms with Crippen molar-refractivity contribution >= 4 is 10.9 Å². The van der Waals surface area contributed by atoms with Gasteiger partial charge in [0.2, 0.25) is 0 Å². The van der Waals surface area contributed by atoms with Crippen molar-refractivity contribution in [2.75, 3.05) is 0 Å². The van der Waals surface area contributed by atoms with Crippen LogP contribution in [0, 0.1) is 13.8 Å². The van der Waals surface area contributed by atoms with E-state index >= 15 is 0 Å². The first-order chi connectivity index (χ1) is 9.33. The van der Waals surface area contributed by atoms with Crippen LogP contribution in [0.5, 0.6) is 0 Å². The maximum atomic E-state index is 4.10. The molecular formula is C17H17N2. The van der Waals surface area contributed by atoms with Gasteiger partial charge >= 0.3 is 0 Å². The number of para-hydroxylation sites is 1. The number of aromatic nitrogens is 2. The van der Waals surface area contributed by atoms with Gasteiger partial charge in [0, 0.05) is 29.2 Å². The zero-order valence-electron chi connectivity index (χ0n) is 11.1. The number of hydrogen-bond donors (Lipinski definition) is 0. The molecule has 0 unspecified atom stereocenters. The molecule has 0 aliphatic rings. The molecule has 0 saturated carbocycles. The monoisotopic (exact) mass is 249 g/mol. The molecule has 0 saturated heterocycles. The maximum absolute atomic E-state index is 4.10. The highest BCUT2D eigenvalue weighted by atomic mass is 15.0. The molecule has 0 amide bonds. The van der Waals surface area contributed by atoms with Crippen molar-refractivity contribution in [3.63, 3.8) is 0 Å². The number of nitrogens with zero attached hydrogens (tertiary/aromatic N) is 2. The predicted molar refractivity (Wildman–Crippen MR) is 79.5 cm³/mol. The number of aryl methyl sites for hydroxylation is 1. The third-order valence-corrected chi connectivity index (χ3v) is 3.59. The van der Waals surface area contributed by atoms with Crippen molar-refractivity contribution in [3.8, 4) is 5.69 Å². The Morgan fingerprint density at radius 1 is 1.11 bits per heavy atom. The lowest BCUT2D eigenvalue weighted by molar-refractivity contribution is 0.956. The molecule has 3 rings (SSSR count). The first-order valence-corrected chi connectivity index (χ1v) is 6.61. The van der Waals surface area contributed by atoms with Gasteiger partial charge in [0.05, 0.1) is 5.52 Å². The summed E-state index contributed by atoms with van der Waals surface area (Å²) in [5.41, 5.74) is 5.13. The number of pyridine rings is 1. The van der Waals surface area contributed by atoms with E-state index in [1.807, 2.05) is 24.5 Å². The molecule has 0 N–H and O–H groups in total. The van der Waals surface area contributed by atoms with Gasteiger partial charge in [-0.05, 0) is 43.5 Å². The van der Waals surface area contributed by atoms with Gasteiger partial charge in [-0.2, -0.15) is 0 Å². The number of rotatable bonds is 3. The van der Waals surface area contributed by atoms with Gasteiger partial charge in [0.1, 0.15) is 0 Å². The molecule has 2 heterocycles. The first kappa shape index (κ1) is 12.0. The Balaban J connectivity index is 2.33. The van der Waals surface area contributed by atoms with Crippen LogP contribution in [-0.4, -0.2) is 9.55 Å². The quantitative estimate of drug-likeness (QED) is 0.683. The highest BCUT2D eigenvalue weighted by molar-refractivity contribution is 5.87. The van der Waals surface area contributed by atoms with Crippen molar-refractivity contribution < 1.29 is 0 Å². The summed E-state index contributed by atoms with van der Waals surface area (Å²) >= 11 is 0. The molecule has 0 bridgehead atoms. The SMILES string of the molecule is [CH2]CCc1c(C)n(-c2ccncc2)c2ccccc12. The van der Waals surface area contributed by atoms with Crippen LogP contribution >= 0.6 is 0 Å². The van der Waals surface area contributed by atoms with E-state index in [9.17, 15) is 0 Å². The summed E-state index contributed by atoms with van der Waals surface area (Å²) in [6, 6.07) is 12.7. The van der Waals surface area contributed by atoms with E-state index in [0.717, 1.165) is 12.8 Å². The van der Waals surface area contributed by atoms with Crippen LogP contribution in [0.15, 0.2) is 48.8 Å². The lowest BCUT2D eigenvalue weighted by Crippen LogP contribution is -1.97. The summed E-state index contributed by atoms with van der Waals surface area (Å²) in [6.45, 7) is 6.18. The van der Waals surface area contributed by atoms with Crippen molar-refractivity contribution in [2.24, 2.45) is 0 Å². The van der Waals surface area contributed by atoms with Gasteiger partial charge in [-0.3, -0.25) is 4.98 Å². The van der Waals surface area contributed by atoms with E-state index in [4.69, 9.17) is 0 Å². The van der Waals surface area contributed by atoms with Gasteiger partial charge in [0.25, 0.3) is 0 Å². The topological polar surface area (TPSA) is 17.8 Å². The highest BCUT2D eigenvalue weighted by Crippen LogP contribution is 2.29. The van der Waals surface area contributed by atoms with Crippen molar-refractivity contribution in [1.82, 2.24) is 9.55 Å². The van der Waals surface area contributed by atoms with Gasteiger partial charge in [-0.15, -0.1) is 0 Å². The van der Waals surface area contributed by atoms with Crippen LogP contribution in [0.4, 0.5) is 0 Å². The lowest BCUT2D eigenvalue weighted by atomic mass is 10.1. The number of benzene rings is 1. The summed E-state index contributed by atoms with van der Waals surface area (Å²) < 4.78 is 2.31. The molecule has 0 fully saturated rings. The third-order valence-electron chi connectivity index (χ3n) is 3.59. The normalized spacial score (nSPS) is 11.1. The van der Waals surface area contributed by atoms with E-state index < -0.39 is 0 Å². The Bertz CT molecular complexity index is 696. The second kappa shape index (κ2) is 4.88. The second-order valence-electron chi connectivity index (χ2n) is 4.73. The van der Waals surface area contributed by atoms with Crippen LogP contribution in [0.1, 0.15) is 17.7 Å². The van der Waals surface area contributed by atoms with Gasteiger partial charge in [0.15, 0.2) is 0 Å². The van der Waals surface area contributed by atoms with Crippen LogP contribution in [0.3, 0.4) is 0 Å². The number of fused-ring (bicyclic) bond motifs is 1. The molecule has 1 radical (unpaired) electrons. The van der Waals surface area contributed by atoms with Crippen LogP contribution in [0.25, 0.3) is 16.6 Å². The molecule has 2 aromatic heterocycles. The molecule has 95 valence electrons. The Kier molecular flexibility index (Phi) is 3.08. The van der Waals surface area contributed by atoms with E-state index in [0.29, 0.717) is 0 Å². The second-order valence-corrected chi connectivity index (χ2v) is 4.73. The van der Waals surface area contributed by atoms with Crippen LogP contribution in [0.2, 0.25) is 0 Å². The minimum Gasteiger partial charge on any atom is -0.313 e. The van der Waals surface area contributed by atoms with Crippen LogP contribution < -0.4 is 0 Å². The van der Waals surface area contributed by atoms with Crippen molar-refractivity contribution in [2.45, 2.75) is 19.8 Å². The third kappa shape index (κ3) is 1.93. The number of hydrogen-bond acceptors (Lipinski definition) is 1. The van der Waals surface area contributed by atoms with Crippen molar-refractivity contribution in [3.05, 3.63) is 67.0 Å². The molecule has 0 aliphatic carbocycles. The average molecular weight is 249 g/mol. The minimum atomic E-state index is 0.922. The minimum absolute atomic E-state index is 0.922. The predicted octanol–water partition coefficient (Wildman–Crippen LogP) is 4.10. The van der Waals surface area contributed by atoms with Gasteiger partial charge in [-0.1, -0.05) is 25.1 Å². The zero-order valence-corrected chi connectivity index (χ0v) is 11.1. The van der Waals surface area contributed by atoms with E-state index in [2.05, 4.69) is 47.7 Å². The Hall–Kier alpha value is -2.09. The van der Waals surface area contributed by atoms with Gasteiger partial charge < -0.3 is 4.57 Å². The Morgan fingerprint density at radius 2 is 1.84 bits per heavy atom. The molecule has 3 aromatic rings. The summed E-state index contributed by atoms with van der Waals surface area (Å²) in [6.07, 6.45) is 5.62. The zero-order chi connectivity index (χ0) is 13.2. The molecule has 1 aromatic carbocycles. The molecular weight excluding hydrogens is 232 g/mol. The maximum Gasteiger partial charge on any atom is 0.0534 e. The fraction of sp³-hybridized carbons (Fsp3) is 0.176. The Labute approximate surface area is 113 Å². The molecule has 0 aliphatic heterocycles.